The SMILES string of the molecule is Nc1onc(-c2c(Cl)cccc2Cl)c1-c1ccccc1F. The van der Waals surface area contributed by atoms with Crippen LogP contribution in [-0.2, 0) is 0 Å². The van der Waals surface area contributed by atoms with E-state index in [4.69, 9.17) is 33.5 Å². The molecule has 0 radical (unpaired) electrons. The second kappa shape index (κ2) is 5.39. The highest BCUT2D eigenvalue weighted by atomic mass is 35.5. The van der Waals surface area contributed by atoms with Gasteiger partial charge in [0.1, 0.15) is 11.5 Å². The molecular weight excluding hydrogens is 314 g/mol. The molecule has 106 valence electrons. The predicted molar refractivity (Wildman–Crippen MR) is 81.8 cm³/mol. The van der Waals surface area contributed by atoms with Crippen molar-refractivity contribution in [3.8, 4) is 22.4 Å². The maximum absolute atomic E-state index is 14.0. The van der Waals surface area contributed by atoms with E-state index in [1.165, 1.54) is 6.07 Å². The molecule has 0 spiro atoms. The Hall–Kier alpha value is -2.04. The molecule has 6 heteroatoms. The van der Waals surface area contributed by atoms with E-state index in [1.807, 2.05) is 0 Å². The van der Waals surface area contributed by atoms with E-state index in [-0.39, 0.29) is 11.4 Å². The first kappa shape index (κ1) is 13.9. The number of aromatic nitrogens is 1. The Balaban J connectivity index is 2.31. The quantitative estimate of drug-likeness (QED) is 0.719. The predicted octanol–water partition coefficient (Wildman–Crippen LogP) is 5.04. The number of nitrogen functional groups attached to an aromatic ring is 1. The summed E-state index contributed by atoms with van der Waals surface area (Å²) in [5.41, 5.74) is 7.18. The minimum Gasteiger partial charge on any atom is -0.367 e. The van der Waals surface area contributed by atoms with Crippen molar-refractivity contribution in [1.29, 1.82) is 0 Å². The van der Waals surface area contributed by atoms with Crippen molar-refractivity contribution in [3.63, 3.8) is 0 Å². The normalized spacial score (nSPS) is 10.8. The zero-order valence-electron chi connectivity index (χ0n) is 10.6. The molecule has 0 amide bonds. The number of nitrogens with two attached hydrogens (primary N) is 1. The molecule has 0 saturated carbocycles. The van der Waals surface area contributed by atoms with E-state index in [0.717, 1.165) is 0 Å². The minimum atomic E-state index is -0.433. The van der Waals surface area contributed by atoms with E-state index < -0.39 is 5.82 Å². The van der Waals surface area contributed by atoms with Gasteiger partial charge in [0.05, 0.1) is 15.6 Å². The van der Waals surface area contributed by atoms with Gasteiger partial charge in [-0.2, -0.15) is 0 Å². The Morgan fingerprint density at radius 3 is 2.29 bits per heavy atom. The second-order valence-corrected chi connectivity index (χ2v) is 5.16. The molecule has 0 bridgehead atoms. The molecule has 0 atom stereocenters. The molecule has 21 heavy (non-hydrogen) atoms. The maximum Gasteiger partial charge on any atom is 0.230 e. The molecule has 0 aliphatic heterocycles. The van der Waals surface area contributed by atoms with Gasteiger partial charge in [0.2, 0.25) is 5.88 Å². The Labute approximate surface area is 130 Å². The standard InChI is InChI=1S/C15H9Cl2FN2O/c16-9-5-3-6-10(17)13(9)14-12(15(19)21-20-14)8-4-1-2-7-11(8)18/h1-7H,19H2. The number of hydrogen-bond donors (Lipinski definition) is 1. The van der Waals surface area contributed by atoms with Crippen molar-refractivity contribution >= 4 is 29.1 Å². The summed E-state index contributed by atoms with van der Waals surface area (Å²) in [4.78, 5) is 0. The second-order valence-electron chi connectivity index (χ2n) is 4.35. The zero-order valence-corrected chi connectivity index (χ0v) is 12.1. The van der Waals surface area contributed by atoms with E-state index in [1.54, 1.807) is 36.4 Å². The monoisotopic (exact) mass is 322 g/mol. The first-order valence-electron chi connectivity index (χ1n) is 6.04. The minimum absolute atomic E-state index is 0.00564. The lowest BCUT2D eigenvalue weighted by atomic mass is 10.0. The summed E-state index contributed by atoms with van der Waals surface area (Å²) in [5.74, 6) is -0.428. The van der Waals surface area contributed by atoms with Gasteiger partial charge < -0.3 is 10.3 Å². The molecule has 0 aliphatic rings. The smallest absolute Gasteiger partial charge is 0.230 e. The van der Waals surface area contributed by atoms with E-state index >= 15 is 0 Å². The Morgan fingerprint density at radius 1 is 0.952 bits per heavy atom. The van der Waals surface area contributed by atoms with Gasteiger partial charge in [-0.15, -0.1) is 0 Å². The van der Waals surface area contributed by atoms with Crippen LogP contribution in [0, 0.1) is 5.82 Å². The van der Waals surface area contributed by atoms with Crippen LogP contribution in [0.3, 0.4) is 0 Å². The summed E-state index contributed by atoms with van der Waals surface area (Å²) in [6.45, 7) is 0. The van der Waals surface area contributed by atoms with Gasteiger partial charge in [-0.05, 0) is 18.2 Å². The number of nitrogens with zero attached hydrogens (tertiary/aromatic N) is 1. The van der Waals surface area contributed by atoms with Gasteiger partial charge in [0.15, 0.2) is 0 Å². The van der Waals surface area contributed by atoms with Crippen molar-refractivity contribution in [3.05, 3.63) is 58.3 Å². The van der Waals surface area contributed by atoms with Crippen molar-refractivity contribution in [1.82, 2.24) is 5.16 Å². The fourth-order valence-corrected chi connectivity index (χ4v) is 2.70. The Morgan fingerprint density at radius 2 is 1.62 bits per heavy atom. The van der Waals surface area contributed by atoms with Crippen LogP contribution >= 0.6 is 23.2 Å². The first-order chi connectivity index (χ1) is 10.1. The molecule has 0 saturated heterocycles. The highest BCUT2D eigenvalue weighted by molar-refractivity contribution is 6.39. The molecule has 2 aromatic carbocycles. The van der Waals surface area contributed by atoms with Crippen LogP contribution in [0.5, 0.6) is 0 Å². The highest BCUT2D eigenvalue weighted by Crippen LogP contribution is 2.42. The van der Waals surface area contributed by atoms with Gasteiger partial charge in [0, 0.05) is 11.1 Å². The van der Waals surface area contributed by atoms with Crippen molar-refractivity contribution in [2.45, 2.75) is 0 Å². The largest absolute Gasteiger partial charge is 0.367 e. The third-order valence-electron chi connectivity index (χ3n) is 3.06. The number of halogens is 3. The van der Waals surface area contributed by atoms with Gasteiger partial charge in [-0.25, -0.2) is 4.39 Å². The van der Waals surface area contributed by atoms with Crippen LogP contribution in [0.2, 0.25) is 10.0 Å². The number of rotatable bonds is 2. The summed E-state index contributed by atoms with van der Waals surface area (Å²) in [6, 6.07) is 11.2. The van der Waals surface area contributed by atoms with Crippen molar-refractivity contribution in [2.75, 3.05) is 5.73 Å². The van der Waals surface area contributed by atoms with Crippen LogP contribution in [0.15, 0.2) is 47.0 Å². The maximum atomic E-state index is 14.0. The van der Waals surface area contributed by atoms with Crippen LogP contribution in [0.1, 0.15) is 0 Å². The van der Waals surface area contributed by atoms with Crippen molar-refractivity contribution < 1.29 is 8.91 Å². The fraction of sp³-hybridized carbons (Fsp3) is 0. The Bertz CT molecular complexity index is 797. The highest BCUT2D eigenvalue weighted by Gasteiger charge is 2.23. The summed E-state index contributed by atoms with van der Waals surface area (Å²) >= 11 is 12.3. The first-order valence-corrected chi connectivity index (χ1v) is 6.79. The van der Waals surface area contributed by atoms with E-state index in [2.05, 4.69) is 5.16 Å². The number of benzene rings is 2. The van der Waals surface area contributed by atoms with E-state index in [0.29, 0.717) is 26.9 Å². The molecule has 0 fully saturated rings. The molecule has 1 heterocycles. The summed E-state index contributed by atoms with van der Waals surface area (Å²) in [6.07, 6.45) is 0. The van der Waals surface area contributed by atoms with Gasteiger partial charge in [-0.3, -0.25) is 0 Å². The van der Waals surface area contributed by atoms with E-state index in [9.17, 15) is 4.39 Å². The topological polar surface area (TPSA) is 52.0 Å². The molecule has 3 aromatic rings. The third-order valence-corrected chi connectivity index (χ3v) is 3.69. The molecule has 3 rings (SSSR count). The van der Waals surface area contributed by atoms with Gasteiger partial charge in [0.25, 0.3) is 0 Å². The molecular formula is C15H9Cl2FN2O. The summed E-state index contributed by atoms with van der Waals surface area (Å²) in [7, 11) is 0. The van der Waals surface area contributed by atoms with Crippen LogP contribution < -0.4 is 5.73 Å². The van der Waals surface area contributed by atoms with Crippen LogP contribution in [0.4, 0.5) is 10.3 Å². The molecule has 0 aliphatic carbocycles. The Kier molecular flexibility index (Phi) is 3.57. The van der Waals surface area contributed by atoms with Crippen LogP contribution in [0.25, 0.3) is 22.4 Å². The molecule has 0 unspecified atom stereocenters. The molecule has 1 aromatic heterocycles. The van der Waals surface area contributed by atoms with Gasteiger partial charge >= 0.3 is 0 Å². The average molecular weight is 323 g/mol. The van der Waals surface area contributed by atoms with Crippen LogP contribution in [-0.4, -0.2) is 5.16 Å². The van der Waals surface area contributed by atoms with Gasteiger partial charge in [-0.1, -0.05) is 52.6 Å². The lowest BCUT2D eigenvalue weighted by molar-refractivity contribution is 0.439. The summed E-state index contributed by atoms with van der Waals surface area (Å²) in [5, 5.41) is 4.66. The third kappa shape index (κ3) is 2.37. The summed E-state index contributed by atoms with van der Waals surface area (Å²) < 4.78 is 19.1. The lowest BCUT2D eigenvalue weighted by Gasteiger charge is -2.07. The average Bonchev–Trinajstić information content (AvgIpc) is 2.81. The molecule has 3 nitrogen and oxygen atoms in total. The number of anilines is 1. The lowest BCUT2D eigenvalue weighted by Crippen LogP contribution is -1.91. The van der Waals surface area contributed by atoms with Crippen molar-refractivity contribution in [2.24, 2.45) is 0 Å². The number of hydrogen-bond acceptors (Lipinski definition) is 3. The zero-order chi connectivity index (χ0) is 15.0. The molecule has 2 N–H and O–H groups in total. The fourth-order valence-electron chi connectivity index (χ4n) is 2.12.